The molecule has 0 unspecified atom stereocenters. The van der Waals surface area contributed by atoms with Crippen molar-refractivity contribution in [2.75, 3.05) is 11.9 Å². The summed E-state index contributed by atoms with van der Waals surface area (Å²) in [6.07, 6.45) is 0.708. The molecule has 2 aromatic rings. The fourth-order valence-electron chi connectivity index (χ4n) is 2.62. The van der Waals surface area contributed by atoms with Gasteiger partial charge in [-0.2, -0.15) is 0 Å². The highest BCUT2D eigenvalue weighted by Crippen LogP contribution is 2.25. The van der Waals surface area contributed by atoms with Crippen LogP contribution in [0.25, 0.3) is 0 Å². The van der Waals surface area contributed by atoms with Crippen LogP contribution in [0.4, 0.5) is 5.69 Å². The largest absolute Gasteiger partial charge is 0.478 e. The van der Waals surface area contributed by atoms with Crippen molar-refractivity contribution in [3.8, 4) is 0 Å². The second-order valence-corrected chi connectivity index (χ2v) is 8.64. The predicted molar refractivity (Wildman–Crippen MR) is 107 cm³/mol. The van der Waals surface area contributed by atoms with Crippen molar-refractivity contribution in [1.29, 1.82) is 0 Å². The van der Waals surface area contributed by atoms with Gasteiger partial charge in [0, 0.05) is 18.3 Å². The first-order valence-electron chi connectivity index (χ1n) is 8.89. The fourth-order valence-corrected chi connectivity index (χ4v) is 3.69. The Balaban J connectivity index is 2.25. The zero-order valence-corrected chi connectivity index (χ0v) is 16.6. The third-order valence-corrected chi connectivity index (χ3v) is 5.68. The SMILES string of the molecule is CC(C)CCNS(=O)(=O)c1ccc(N[C@H](C)c2ccccc2)c(C(=O)O)c1. The van der Waals surface area contributed by atoms with Gasteiger partial charge in [-0.1, -0.05) is 44.2 Å². The van der Waals surface area contributed by atoms with E-state index >= 15 is 0 Å². The summed E-state index contributed by atoms with van der Waals surface area (Å²) in [4.78, 5) is 11.6. The van der Waals surface area contributed by atoms with E-state index in [4.69, 9.17) is 0 Å². The molecule has 0 fully saturated rings. The van der Waals surface area contributed by atoms with E-state index in [1.54, 1.807) is 0 Å². The Morgan fingerprint density at radius 2 is 1.74 bits per heavy atom. The molecule has 3 N–H and O–H groups in total. The second-order valence-electron chi connectivity index (χ2n) is 6.87. The summed E-state index contributed by atoms with van der Waals surface area (Å²) in [5.74, 6) is -0.815. The van der Waals surface area contributed by atoms with Crippen molar-refractivity contribution in [1.82, 2.24) is 4.72 Å². The summed E-state index contributed by atoms with van der Waals surface area (Å²) in [6.45, 7) is 6.24. The van der Waals surface area contributed by atoms with Gasteiger partial charge < -0.3 is 10.4 Å². The van der Waals surface area contributed by atoms with E-state index in [9.17, 15) is 18.3 Å². The molecule has 7 heteroatoms. The topological polar surface area (TPSA) is 95.5 Å². The zero-order valence-electron chi connectivity index (χ0n) is 15.8. The van der Waals surface area contributed by atoms with Gasteiger partial charge >= 0.3 is 5.97 Å². The second kappa shape index (κ2) is 9.01. The molecule has 0 aromatic heterocycles. The quantitative estimate of drug-likeness (QED) is 0.604. The third-order valence-electron chi connectivity index (χ3n) is 4.22. The lowest BCUT2D eigenvalue weighted by Crippen LogP contribution is -2.26. The minimum atomic E-state index is -3.75. The molecule has 0 aliphatic rings. The number of benzene rings is 2. The number of sulfonamides is 1. The predicted octanol–water partition coefficient (Wildman–Crippen LogP) is 3.88. The molecule has 2 aromatic carbocycles. The Hall–Kier alpha value is -2.38. The monoisotopic (exact) mass is 390 g/mol. The summed E-state index contributed by atoms with van der Waals surface area (Å²) >= 11 is 0. The maximum atomic E-state index is 12.4. The molecule has 146 valence electrons. The molecule has 2 rings (SSSR count). The van der Waals surface area contributed by atoms with E-state index in [0.29, 0.717) is 24.6 Å². The molecular formula is C20H26N2O4S. The molecule has 1 atom stereocenters. The van der Waals surface area contributed by atoms with E-state index in [0.717, 1.165) is 5.56 Å². The molecule has 27 heavy (non-hydrogen) atoms. The molecule has 0 amide bonds. The van der Waals surface area contributed by atoms with Gasteiger partial charge in [0.1, 0.15) is 0 Å². The van der Waals surface area contributed by atoms with Crippen molar-refractivity contribution >= 4 is 21.7 Å². The van der Waals surface area contributed by atoms with Crippen LogP contribution in [-0.2, 0) is 10.0 Å². The van der Waals surface area contributed by atoms with Crippen LogP contribution in [0.15, 0.2) is 53.4 Å². The Morgan fingerprint density at radius 3 is 2.33 bits per heavy atom. The average Bonchev–Trinajstić information content (AvgIpc) is 2.62. The first-order chi connectivity index (χ1) is 12.7. The van der Waals surface area contributed by atoms with Crippen molar-refractivity contribution in [2.24, 2.45) is 5.92 Å². The number of carbonyl (C=O) groups is 1. The summed E-state index contributed by atoms with van der Waals surface area (Å²) in [7, 11) is -3.75. The molecule has 0 saturated carbocycles. The Morgan fingerprint density at radius 1 is 1.07 bits per heavy atom. The van der Waals surface area contributed by atoms with Crippen LogP contribution in [-0.4, -0.2) is 26.0 Å². The molecule has 0 radical (unpaired) electrons. The van der Waals surface area contributed by atoms with Gasteiger partial charge in [-0.3, -0.25) is 0 Å². The minimum absolute atomic E-state index is 0.0541. The molecule has 0 aliphatic heterocycles. The number of carboxylic acid groups (broad SMARTS) is 1. The first kappa shape index (κ1) is 20.9. The lowest BCUT2D eigenvalue weighted by molar-refractivity contribution is 0.0697. The van der Waals surface area contributed by atoms with Crippen LogP contribution in [0, 0.1) is 5.92 Å². The number of anilines is 1. The van der Waals surface area contributed by atoms with Gasteiger partial charge in [0.2, 0.25) is 10.0 Å². The Kier molecular flexibility index (Phi) is 6.98. The summed E-state index contributed by atoms with van der Waals surface area (Å²) in [5, 5.41) is 12.7. The first-order valence-corrected chi connectivity index (χ1v) is 10.4. The number of aromatic carboxylic acids is 1. The molecular weight excluding hydrogens is 364 g/mol. The summed E-state index contributed by atoms with van der Waals surface area (Å²) in [6, 6.07) is 13.6. The zero-order chi connectivity index (χ0) is 20.0. The molecule has 0 spiro atoms. The van der Waals surface area contributed by atoms with Gasteiger partial charge in [0.25, 0.3) is 0 Å². The van der Waals surface area contributed by atoms with Gasteiger partial charge in [-0.25, -0.2) is 17.9 Å². The smallest absolute Gasteiger partial charge is 0.337 e. The number of nitrogens with one attached hydrogen (secondary N) is 2. The van der Waals surface area contributed by atoms with Gasteiger partial charge in [0.05, 0.1) is 10.5 Å². The number of rotatable bonds is 9. The summed E-state index contributed by atoms with van der Waals surface area (Å²) < 4.78 is 27.4. The van der Waals surface area contributed by atoms with E-state index < -0.39 is 16.0 Å². The minimum Gasteiger partial charge on any atom is -0.478 e. The van der Waals surface area contributed by atoms with Crippen molar-refractivity contribution in [2.45, 2.75) is 38.1 Å². The van der Waals surface area contributed by atoms with Crippen LogP contribution in [0.5, 0.6) is 0 Å². The standard InChI is InChI=1S/C20H26N2O4S/c1-14(2)11-12-21-27(25,26)17-9-10-19(18(13-17)20(23)24)22-15(3)16-7-5-4-6-8-16/h4-10,13-15,21-22H,11-12H2,1-3H3,(H,23,24)/t15-/m1/s1. The van der Waals surface area contributed by atoms with Crippen molar-refractivity contribution in [3.63, 3.8) is 0 Å². The van der Waals surface area contributed by atoms with Crippen molar-refractivity contribution in [3.05, 3.63) is 59.7 Å². The van der Waals surface area contributed by atoms with Crippen LogP contribution in [0.1, 0.15) is 49.2 Å². The highest BCUT2D eigenvalue weighted by atomic mass is 32.2. The van der Waals surface area contributed by atoms with E-state index in [1.807, 2.05) is 51.1 Å². The molecule has 0 heterocycles. The van der Waals surface area contributed by atoms with Crippen LogP contribution in [0.3, 0.4) is 0 Å². The highest BCUT2D eigenvalue weighted by Gasteiger charge is 2.20. The van der Waals surface area contributed by atoms with E-state index in [2.05, 4.69) is 10.0 Å². The molecule has 0 bridgehead atoms. The van der Waals surface area contributed by atoms with Crippen LogP contribution >= 0.6 is 0 Å². The normalized spacial score (nSPS) is 12.7. The van der Waals surface area contributed by atoms with Crippen molar-refractivity contribution < 1.29 is 18.3 Å². The molecule has 0 aliphatic carbocycles. The van der Waals surface area contributed by atoms with E-state index in [1.165, 1.54) is 18.2 Å². The highest BCUT2D eigenvalue weighted by molar-refractivity contribution is 7.89. The maximum Gasteiger partial charge on any atom is 0.337 e. The number of carboxylic acids is 1. The third kappa shape index (κ3) is 5.80. The van der Waals surface area contributed by atoms with Crippen LogP contribution < -0.4 is 10.0 Å². The fraction of sp³-hybridized carbons (Fsp3) is 0.350. The Labute approximate surface area is 160 Å². The number of hydrogen-bond acceptors (Lipinski definition) is 4. The maximum absolute atomic E-state index is 12.4. The molecule has 6 nitrogen and oxygen atoms in total. The van der Waals surface area contributed by atoms with E-state index in [-0.39, 0.29) is 16.5 Å². The van der Waals surface area contributed by atoms with Gasteiger partial charge in [-0.15, -0.1) is 0 Å². The average molecular weight is 391 g/mol. The van der Waals surface area contributed by atoms with Gasteiger partial charge in [0.15, 0.2) is 0 Å². The molecule has 0 saturated heterocycles. The Bertz CT molecular complexity index is 880. The van der Waals surface area contributed by atoms with Crippen LogP contribution in [0.2, 0.25) is 0 Å². The van der Waals surface area contributed by atoms with Gasteiger partial charge in [-0.05, 0) is 43.0 Å². The summed E-state index contributed by atoms with van der Waals surface area (Å²) in [5.41, 5.74) is 1.30. The number of hydrogen-bond donors (Lipinski definition) is 3. The lowest BCUT2D eigenvalue weighted by atomic mass is 10.1. The lowest BCUT2D eigenvalue weighted by Gasteiger charge is -2.18.